The van der Waals surface area contributed by atoms with Crippen LogP contribution in [0.15, 0.2) is 76.0 Å². The van der Waals surface area contributed by atoms with Gasteiger partial charge in [0.1, 0.15) is 60.5 Å². The fourth-order valence-corrected chi connectivity index (χ4v) is 5.55. The summed E-state index contributed by atoms with van der Waals surface area (Å²) in [6.07, 6.45) is -13.0. The number of aliphatic hydroxyl groups excluding tert-OH is 5. The summed E-state index contributed by atoms with van der Waals surface area (Å²) >= 11 is 0. The average molecular weight is 727 g/mol. The highest BCUT2D eigenvalue weighted by atomic mass is 16.8. The van der Waals surface area contributed by atoms with Gasteiger partial charge in [-0.15, -0.1) is 0 Å². The molecule has 0 unspecified atom stereocenters. The van der Waals surface area contributed by atoms with Crippen LogP contribution in [-0.4, -0.2) is 120 Å². The molecule has 1 aliphatic carbocycles. The molecule has 9 atom stereocenters. The van der Waals surface area contributed by atoms with Crippen LogP contribution in [0.25, 0.3) is 28.7 Å². The second-order valence-corrected chi connectivity index (χ2v) is 12.0. The summed E-state index contributed by atoms with van der Waals surface area (Å²) in [7, 11) is 0. The van der Waals surface area contributed by atoms with Gasteiger partial charge in [0.05, 0.1) is 12.2 Å². The molecule has 2 aromatic rings. The van der Waals surface area contributed by atoms with E-state index in [-0.39, 0.29) is 34.1 Å². The maximum absolute atomic E-state index is 12.5. The van der Waals surface area contributed by atoms with Crippen LogP contribution < -0.4 is 10.2 Å². The number of esters is 1. The Labute approximate surface area is 293 Å². The number of aliphatic hydroxyl groups is 5. The van der Waals surface area contributed by atoms with Gasteiger partial charge in [0.25, 0.3) is 0 Å². The molecule has 0 radical (unpaired) electrons. The van der Waals surface area contributed by atoms with Crippen LogP contribution in [0.1, 0.15) is 5.56 Å². The zero-order valence-corrected chi connectivity index (χ0v) is 26.8. The number of aromatic hydroxyl groups is 4. The number of benzene rings is 3. The van der Waals surface area contributed by atoms with E-state index in [0.29, 0.717) is 5.56 Å². The van der Waals surface area contributed by atoms with E-state index in [1.807, 2.05) is 0 Å². The Morgan fingerprint density at radius 1 is 0.808 bits per heavy atom. The molecular weight excluding hydrogens is 692 g/mol. The highest BCUT2D eigenvalue weighted by molar-refractivity contribution is 5.87. The third-order valence-corrected chi connectivity index (χ3v) is 8.37. The normalized spacial score (nSPS) is 27.8. The summed E-state index contributed by atoms with van der Waals surface area (Å²) in [5.41, 5.74) is 0.0281. The molecule has 0 bridgehead atoms. The van der Waals surface area contributed by atoms with Gasteiger partial charge in [-0.2, -0.15) is 0 Å². The van der Waals surface area contributed by atoms with Crippen LogP contribution in [0.5, 0.6) is 28.7 Å². The topological polar surface area (TPSA) is 275 Å². The Morgan fingerprint density at radius 2 is 1.56 bits per heavy atom. The van der Waals surface area contributed by atoms with Crippen LogP contribution >= 0.6 is 0 Å². The number of phenols is 4. The molecule has 17 nitrogen and oxygen atoms in total. The lowest BCUT2D eigenvalue weighted by atomic mass is 9.98. The van der Waals surface area contributed by atoms with Crippen molar-refractivity contribution in [2.24, 2.45) is 0 Å². The third-order valence-electron chi connectivity index (χ3n) is 8.37. The summed E-state index contributed by atoms with van der Waals surface area (Å²) in [6, 6.07) is 12.7. The van der Waals surface area contributed by atoms with Crippen molar-refractivity contribution in [1.82, 2.24) is 0 Å². The maximum atomic E-state index is 12.5. The van der Waals surface area contributed by atoms with Crippen LogP contribution in [0.4, 0.5) is 0 Å². The van der Waals surface area contributed by atoms with Gasteiger partial charge in [-0.3, -0.25) is 4.79 Å². The lowest BCUT2D eigenvalue weighted by molar-refractivity contribution is -0.345. The number of hydrogen-bond acceptors (Lipinski definition) is 17. The predicted molar refractivity (Wildman–Crippen MR) is 174 cm³/mol. The van der Waals surface area contributed by atoms with Crippen molar-refractivity contribution < 1.29 is 78.9 Å². The van der Waals surface area contributed by atoms with Crippen molar-refractivity contribution in [3.05, 3.63) is 82.5 Å². The van der Waals surface area contributed by atoms with Gasteiger partial charge in [-0.1, -0.05) is 12.1 Å². The monoisotopic (exact) mass is 726 g/mol. The Hall–Kier alpha value is -5.24. The zero-order valence-electron chi connectivity index (χ0n) is 26.8. The van der Waals surface area contributed by atoms with Gasteiger partial charge in [-0.25, -0.2) is 4.79 Å². The van der Waals surface area contributed by atoms with Crippen molar-refractivity contribution in [2.45, 2.75) is 55.3 Å². The molecule has 3 aliphatic heterocycles. The van der Waals surface area contributed by atoms with Crippen molar-refractivity contribution >= 4 is 12.0 Å². The second-order valence-electron chi connectivity index (χ2n) is 12.0. The van der Waals surface area contributed by atoms with E-state index in [0.717, 1.165) is 30.3 Å². The molecule has 2 saturated heterocycles. The first-order chi connectivity index (χ1) is 24.8. The zero-order chi connectivity index (χ0) is 37.3. The van der Waals surface area contributed by atoms with Crippen LogP contribution in [0.3, 0.4) is 0 Å². The molecule has 2 aromatic carbocycles. The Kier molecular flexibility index (Phi) is 10.7. The Balaban J connectivity index is 1.33. The summed E-state index contributed by atoms with van der Waals surface area (Å²) in [6.45, 7) is -1.11. The smallest absolute Gasteiger partial charge is 0.330 e. The van der Waals surface area contributed by atoms with Crippen LogP contribution in [0, 0.1) is 0 Å². The number of fused-ring (bicyclic) bond motifs is 1. The maximum Gasteiger partial charge on any atom is 0.330 e. The van der Waals surface area contributed by atoms with E-state index < -0.39 is 97.2 Å². The first-order valence-corrected chi connectivity index (χ1v) is 15.8. The lowest BCUT2D eigenvalue weighted by Crippen LogP contribution is -2.64. The molecule has 0 amide bonds. The molecular formula is C35H34O17. The van der Waals surface area contributed by atoms with Gasteiger partial charge in [0.15, 0.2) is 40.8 Å². The fourth-order valence-electron chi connectivity index (χ4n) is 5.55. The Bertz CT molecular complexity index is 1940. The number of carbonyl (C=O) groups is 1. The molecule has 0 aromatic heterocycles. The molecule has 17 heteroatoms. The van der Waals surface area contributed by atoms with E-state index >= 15 is 0 Å². The van der Waals surface area contributed by atoms with Crippen molar-refractivity contribution in [3.8, 4) is 51.4 Å². The first-order valence-electron chi connectivity index (χ1n) is 15.8. The SMILES string of the molecule is O=C(/C=C/c1ccc(O)cc1)OC[C@H]1O[C@@H](Oc2cc3c(O)cc(=O)cc-3oc2-c2ccc(O)c(O)c2)[C@H](O[C@@H]2OC[C@@H](O)[C@H](O)[C@H]2O)[C@@H](O)[C@@H]1O. The molecule has 0 spiro atoms. The molecule has 52 heavy (non-hydrogen) atoms. The van der Waals surface area contributed by atoms with Crippen molar-refractivity contribution in [3.63, 3.8) is 0 Å². The molecule has 276 valence electrons. The molecule has 2 fully saturated rings. The lowest BCUT2D eigenvalue weighted by Gasteiger charge is -2.44. The van der Waals surface area contributed by atoms with Gasteiger partial charge in [0.2, 0.25) is 6.29 Å². The predicted octanol–water partition coefficient (Wildman–Crippen LogP) is 0.140. The molecule has 0 saturated carbocycles. The first kappa shape index (κ1) is 36.5. The average Bonchev–Trinajstić information content (AvgIpc) is 3.11. The molecule has 3 heterocycles. The number of rotatable bonds is 9. The molecule has 4 aliphatic rings. The van der Waals surface area contributed by atoms with Crippen LogP contribution in [-0.2, 0) is 23.7 Å². The minimum absolute atomic E-state index is 0.0238. The van der Waals surface area contributed by atoms with E-state index in [9.17, 15) is 55.5 Å². The molecule has 9 N–H and O–H groups in total. The molecule has 6 rings (SSSR count). The standard InChI is InChI=1S/C35H34O17/c36-17-5-1-15(2-6-17)3-8-27(42)47-14-26-29(44)30(45)33(52-34-31(46)28(43)23(41)13-48-34)35(51-26)50-25-12-19-21(39)10-18(37)11-24(19)49-32(25)16-4-7-20(38)22(40)9-16/h1-12,23,26,28-31,33-36,38-41,43-46H,13-14H2/b8-3+/t23-,26-,28+,29-,30+,31-,33-,34+,35-/m1/s1. The number of phenolic OH excluding ortho intramolecular Hbond substituents is 4. The minimum atomic E-state index is -1.91. The van der Waals surface area contributed by atoms with E-state index in [1.165, 1.54) is 30.3 Å². The largest absolute Gasteiger partial charge is 0.508 e. The Morgan fingerprint density at radius 3 is 2.29 bits per heavy atom. The van der Waals surface area contributed by atoms with Gasteiger partial charge >= 0.3 is 5.97 Å². The van der Waals surface area contributed by atoms with E-state index in [2.05, 4.69) is 0 Å². The van der Waals surface area contributed by atoms with Crippen molar-refractivity contribution in [2.75, 3.05) is 13.2 Å². The summed E-state index contributed by atoms with van der Waals surface area (Å²) in [4.78, 5) is 24.7. The van der Waals surface area contributed by atoms with Gasteiger partial charge < -0.3 is 74.1 Å². The second kappa shape index (κ2) is 15.2. The van der Waals surface area contributed by atoms with Gasteiger partial charge in [0, 0.05) is 23.8 Å². The van der Waals surface area contributed by atoms with E-state index in [4.69, 9.17) is 28.1 Å². The fraction of sp³-hybridized carbons (Fsp3) is 0.314. The highest BCUT2D eigenvalue weighted by Crippen LogP contribution is 2.43. The van der Waals surface area contributed by atoms with Crippen molar-refractivity contribution in [1.29, 1.82) is 0 Å². The van der Waals surface area contributed by atoms with Crippen LogP contribution in [0.2, 0.25) is 0 Å². The number of hydrogen-bond donors (Lipinski definition) is 9. The number of carbonyl (C=O) groups excluding carboxylic acids is 1. The highest BCUT2D eigenvalue weighted by Gasteiger charge is 2.50. The summed E-state index contributed by atoms with van der Waals surface area (Å²) in [5.74, 6) is -2.92. The van der Waals surface area contributed by atoms with Gasteiger partial charge in [-0.05, 0) is 48.0 Å². The third kappa shape index (κ3) is 7.81. The summed E-state index contributed by atoms with van der Waals surface area (Å²) in [5, 5.41) is 93.2. The number of ether oxygens (including phenoxy) is 5. The van der Waals surface area contributed by atoms with E-state index in [1.54, 1.807) is 12.1 Å². The quantitative estimate of drug-likeness (QED) is 0.0630. The summed E-state index contributed by atoms with van der Waals surface area (Å²) < 4.78 is 34.4. The minimum Gasteiger partial charge on any atom is -0.508 e.